The molecule has 4 saturated heterocycles. The maximum Gasteiger partial charge on any atom is 0.364 e. The van der Waals surface area contributed by atoms with Crippen LogP contribution in [-0.2, 0) is 38.0 Å². The number of ether oxygens (including phenoxy) is 7. The summed E-state index contributed by atoms with van der Waals surface area (Å²) < 4.78 is 38.9. The van der Waals surface area contributed by atoms with E-state index in [0.717, 1.165) is 0 Å². The molecular formula is C28H49NO22. The molecule has 4 aliphatic heterocycles. The van der Waals surface area contributed by atoms with Crippen LogP contribution < -0.4 is 5.73 Å². The Morgan fingerprint density at radius 3 is 1.94 bits per heavy atom. The molecule has 0 aliphatic carbocycles. The first-order valence-electron chi connectivity index (χ1n) is 16.1. The van der Waals surface area contributed by atoms with Crippen LogP contribution in [0.15, 0.2) is 0 Å². The van der Waals surface area contributed by atoms with E-state index in [0.29, 0.717) is 0 Å². The van der Waals surface area contributed by atoms with Crippen LogP contribution >= 0.6 is 0 Å². The first kappa shape index (κ1) is 42.4. The van der Waals surface area contributed by atoms with E-state index < -0.39 is 167 Å². The Bertz CT molecular complexity index is 1120. The lowest BCUT2D eigenvalue weighted by atomic mass is 9.89. The van der Waals surface area contributed by atoms with E-state index in [-0.39, 0.29) is 0 Å². The Kier molecular flexibility index (Phi) is 14.5. The number of hydrogen-bond acceptors (Lipinski definition) is 22. The molecule has 4 heterocycles. The zero-order valence-corrected chi connectivity index (χ0v) is 27.2. The van der Waals surface area contributed by atoms with Crippen LogP contribution in [0.4, 0.5) is 0 Å². The van der Waals surface area contributed by atoms with Crippen LogP contribution in [0.25, 0.3) is 0 Å². The third-order valence-electron chi connectivity index (χ3n) is 9.60. The third kappa shape index (κ3) is 8.64. The molecule has 16 N–H and O–H groups in total. The Morgan fingerprint density at radius 1 is 0.784 bits per heavy atom. The standard InChI is InChI=1S/C28H49NO22/c1-7-21(49-26-19(40)18(39)15(36)10(4-31)47-26)17(38)12(48-25(7)50-23-16(37)11(5-32)46-24(42)20(23)41)6-45-28(27(43)44)2-8(33)13(29)22(51-28)14(35)9(34)3-30/h7-26,30-42H,2-6,29H2,1H3,(H,43,44)/t7-,8+,9+,10?,11?,12?,13+,14+,15-,16-,17+,18?,19?,20-,21?,22?,23?,24+,25-,26-,28+/m0/s1. The molecule has 0 amide bonds. The van der Waals surface area contributed by atoms with Gasteiger partial charge in [-0.25, -0.2) is 4.79 Å². The van der Waals surface area contributed by atoms with Crippen molar-refractivity contribution < 1.29 is 109 Å². The molecule has 0 aromatic heterocycles. The smallest absolute Gasteiger partial charge is 0.364 e. The topological polar surface area (TPSA) is 391 Å². The van der Waals surface area contributed by atoms with Crippen molar-refractivity contribution in [1.29, 1.82) is 0 Å². The van der Waals surface area contributed by atoms with Gasteiger partial charge in [0.1, 0.15) is 79.4 Å². The van der Waals surface area contributed by atoms with Gasteiger partial charge in [0.2, 0.25) is 0 Å². The summed E-state index contributed by atoms with van der Waals surface area (Å²) in [6, 6.07) is -1.47. The van der Waals surface area contributed by atoms with Crippen LogP contribution in [0.1, 0.15) is 13.3 Å². The van der Waals surface area contributed by atoms with E-state index in [1.54, 1.807) is 0 Å². The summed E-state index contributed by atoms with van der Waals surface area (Å²) in [6.45, 7) is -2.24. The summed E-state index contributed by atoms with van der Waals surface area (Å²) in [5, 5.41) is 144. The molecule has 0 radical (unpaired) electrons. The number of aliphatic carboxylic acids is 1. The maximum absolute atomic E-state index is 12.5. The lowest BCUT2D eigenvalue weighted by Gasteiger charge is -2.49. The minimum atomic E-state index is -2.82. The minimum absolute atomic E-state index is 0.818. The number of rotatable bonds is 13. The van der Waals surface area contributed by atoms with Gasteiger partial charge in [-0.3, -0.25) is 0 Å². The van der Waals surface area contributed by atoms with Crippen LogP contribution in [0, 0.1) is 5.92 Å². The minimum Gasteiger partial charge on any atom is -0.477 e. The van der Waals surface area contributed by atoms with Gasteiger partial charge >= 0.3 is 5.97 Å². The molecule has 0 bridgehead atoms. The zero-order chi connectivity index (χ0) is 38.1. The molecule has 4 rings (SSSR count). The highest BCUT2D eigenvalue weighted by atomic mass is 16.8. The van der Waals surface area contributed by atoms with Gasteiger partial charge in [-0.1, -0.05) is 6.92 Å². The van der Waals surface area contributed by atoms with Crippen molar-refractivity contribution in [2.45, 2.75) is 136 Å². The Hall–Kier alpha value is -1.37. The molecule has 23 heteroatoms. The quantitative estimate of drug-likeness (QED) is 0.0830. The number of carbonyl (C=O) groups is 1. The molecule has 0 saturated carbocycles. The van der Waals surface area contributed by atoms with Crippen molar-refractivity contribution in [3.63, 3.8) is 0 Å². The Labute approximate surface area is 289 Å². The first-order chi connectivity index (χ1) is 23.9. The number of carboxylic acids is 1. The van der Waals surface area contributed by atoms with Gasteiger partial charge in [-0.2, -0.15) is 0 Å². The number of hydrogen-bond donors (Lipinski definition) is 15. The fraction of sp³-hybridized carbons (Fsp3) is 0.964. The summed E-state index contributed by atoms with van der Waals surface area (Å²) in [7, 11) is 0. The number of aliphatic hydroxyl groups is 13. The van der Waals surface area contributed by atoms with Gasteiger partial charge in [0, 0.05) is 12.3 Å². The van der Waals surface area contributed by atoms with Gasteiger partial charge in [-0.05, 0) is 0 Å². The Balaban J connectivity index is 1.63. The molecule has 4 aliphatic rings. The average molecular weight is 752 g/mol. The van der Waals surface area contributed by atoms with Crippen LogP contribution in [0.3, 0.4) is 0 Å². The van der Waals surface area contributed by atoms with Gasteiger partial charge in [0.05, 0.1) is 44.7 Å². The summed E-state index contributed by atoms with van der Waals surface area (Å²) in [5.74, 6) is -5.87. The predicted molar refractivity (Wildman–Crippen MR) is 156 cm³/mol. The molecule has 0 spiro atoms. The summed E-state index contributed by atoms with van der Waals surface area (Å²) in [5.41, 5.74) is 5.89. The van der Waals surface area contributed by atoms with Crippen molar-refractivity contribution in [2.24, 2.45) is 11.7 Å². The van der Waals surface area contributed by atoms with Crippen molar-refractivity contribution in [1.82, 2.24) is 0 Å². The molecule has 4 fully saturated rings. The molecule has 0 aromatic rings. The van der Waals surface area contributed by atoms with E-state index >= 15 is 0 Å². The van der Waals surface area contributed by atoms with E-state index in [1.165, 1.54) is 6.92 Å². The molecule has 298 valence electrons. The fourth-order valence-electron chi connectivity index (χ4n) is 6.38. The average Bonchev–Trinajstić information content (AvgIpc) is 3.10. The third-order valence-corrected chi connectivity index (χ3v) is 9.60. The first-order valence-corrected chi connectivity index (χ1v) is 16.1. The highest BCUT2D eigenvalue weighted by Crippen LogP contribution is 2.37. The van der Waals surface area contributed by atoms with Crippen molar-refractivity contribution in [3.8, 4) is 0 Å². The predicted octanol–water partition coefficient (Wildman–Crippen LogP) is -9.30. The Morgan fingerprint density at radius 2 is 1.35 bits per heavy atom. The molecule has 21 atom stereocenters. The summed E-state index contributed by atoms with van der Waals surface area (Å²) in [6.07, 6.45) is -32.8. The van der Waals surface area contributed by atoms with Crippen LogP contribution in [-0.4, -0.2) is 226 Å². The second-order valence-electron chi connectivity index (χ2n) is 13.1. The van der Waals surface area contributed by atoms with Gasteiger partial charge in [-0.15, -0.1) is 0 Å². The van der Waals surface area contributed by atoms with Gasteiger partial charge in [0.25, 0.3) is 5.79 Å². The van der Waals surface area contributed by atoms with E-state index in [1.807, 2.05) is 0 Å². The number of carboxylic acid groups (broad SMARTS) is 1. The molecule has 8 unspecified atom stereocenters. The van der Waals surface area contributed by atoms with Crippen molar-refractivity contribution >= 4 is 5.97 Å². The lowest BCUT2D eigenvalue weighted by molar-refractivity contribution is -0.377. The second-order valence-corrected chi connectivity index (χ2v) is 13.1. The monoisotopic (exact) mass is 751 g/mol. The maximum atomic E-state index is 12.5. The molecule has 51 heavy (non-hydrogen) atoms. The summed E-state index contributed by atoms with van der Waals surface area (Å²) in [4.78, 5) is 12.5. The van der Waals surface area contributed by atoms with Crippen molar-refractivity contribution in [2.75, 3.05) is 26.4 Å². The SMILES string of the molecule is C[C@H]1C(O[C@@H]2OC(CO)[C@H](O)C(O)C2O)[C@H](O)C(CO[C@]2(C(=O)O)C[C@@H](O)[C@@H](N)C([C@H](O)[C@H](O)CO)O2)O[C@H]1OC1[C@@H](O)C(CO)O[C@@H](O)[C@H]1O. The number of nitrogens with two attached hydrogens (primary N) is 1. The molecule has 23 nitrogen and oxygen atoms in total. The lowest BCUT2D eigenvalue weighted by Crippen LogP contribution is -2.67. The van der Waals surface area contributed by atoms with E-state index in [9.17, 15) is 76.3 Å². The molecule has 0 aromatic carbocycles. The molecular weight excluding hydrogens is 702 g/mol. The zero-order valence-electron chi connectivity index (χ0n) is 27.2. The van der Waals surface area contributed by atoms with Gasteiger partial charge < -0.3 is 110 Å². The number of aliphatic hydroxyl groups excluding tert-OH is 13. The highest BCUT2D eigenvalue weighted by Gasteiger charge is 2.57. The normalized spacial score (nSPS) is 49.3. The van der Waals surface area contributed by atoms with Gasteiger partial charge in [0.15, 0.2) is 18.9 Å². The second kappa shape index (κ2) is 17.4. The fourth-order valence-corrected chi connectivity index (χ4v) is 6.38. The van der Waals surface area contributed by atoms with Crippen molar-refractivity contribution in [3.05, 3.63) is 0 Å². The van der Waals surface area contributed by atoms with Crippen LogP contribution in [0.2, 0.25) is 0 Å². The highest BCUT2D eigenvalue weighted by molar-refractivity contribution is 5.76. The van der Waals surface area contributed by atoms with E-state index in [2.05, 4.69) is 0 Å². The largest absolute Gasteiger partial charge is 0.477 e. The van der Waals surface area contributed by atoms with E-state index in [4.69, 9.17) is 38.9 Å². The van der Waals surface area contributed by atoms with Crippen LogP contribution in [0.5, 0.6) is 0 Å². The summed E-state index contributed by atoms with van der Waals surface area (Å²) >= 11 is 0.